The third-order valence-electron chi connectivity index (χ3n) is 10.1. The summed E-state index contributed by atoms with van der Waals surface area (Å²) in [5, 5.41) is 11.3. The van der Waals surface area contributed by atoms with E-state index in [0.717, 1.165) is 11.0 Å². The highest BCUT2D eigenvalue weighted by Gasteiger charge is 2.68. The minimum atomic E-state index is -1.42. The highest BCUT2D eigenvalue weighted by Crippen LogP contribution is 2.65. The number of aromatic hydroxyl groups is 1. The van der Waals surface area contributed by atoms with Gasteiger partial charge in [0.05, 0.1) is 46.7 Å². The first-order chi connectivity index (χ1) is 21.5. The smallest absolute Gasteiger partial charge is 0.241 e. The fourth-order valence-electron chi connectivity index (χ4n) is 8.03. The number of rotatable bonds is 4. The number of halogens is 3. The van der Waals surface area contributed by atoms with Gasteiger partial charge < -0.3 is 9.84 Å². The number of fused-ring (bicyclic) bond motifs is 4. The number of phenolic OH excluding ortho intramolecular Hbond substituents is 1. The van der Waals surface area contributed by atoms with E-state index < -0.39 is 52.6 Å². The summed E-state index contributed by atoms with van der Waals surface area (Å²) < 4.78 is 20.1. The summed E-state index contributed by atoms with van der Waals surface area (Å²) in [7, 11) is 1.41. The first kappa shape index (κ1) is 29.7. The number of carbonyl (C=O) groups is 4. The monoisotopic (exact) mass is 692 g/mol. The maximum Gasteiger partial charge on any atom is 0.241 e. The second kappa shape index (κ2) is 10.5. The molecule has 2 aliphatic heterocycles. The number of phenols is 1. The van der Waals surface area contributed by atoms with Crippen LogP contribution in [0, 0.1) is 34.9 Å². The Labute approximate surface area is 271 Å². The van der Waals surface area contributed by atoms with E-state index in [2.05, 4.69) is 15.9 Å². The Bertz CT molecular complexity index is 1850. The molecule has 230 valence electrons. The molecule has 2 heterocycles. The standard InChI is InChI=1S/C34H27BrClFN2O6/c1-34-23(31(42)39(33(34)44)18-8-11-25(37)24(36)14-18)15-21-19(28(34)22-12-16(35)13-26(45-2)29(22)40)9-10-20-27(21)32(43)38(30(20)41)17-6-4-3-5-7-17/h3-9,11-14,20-21,23,27-28,40H,10,15H2,1-2H3. The number of anilines is 2. The summed E-state index contributed by atoms with van der Waals surface area (Å²) in [5.41, 5.74) is 0.239. The van der Waals surface area contributed by atoms with E-state index in [0.29, 0.717) is 21.3 Å². The van der Waals surface area contributed by atoms with Gasteiger partial charge in [0.25, 0.3) is 0 Å². The molecule has 0 spiro atoms. The molecule has 2 saturated heterocycles. The van der Waals surface area contributed by atoms with Gasteiger partial charge in [0.2, 0.25) is 23.6 Å². The maximum atomic E-state index is 14.5. The van der Waals surface area contributed by atoms with Crippen molar-refractivity contribution in [1.82, 2.24) is 0 Å². The van der Waals surface area contributed by atoms with Crippen LogP contribution in [0.4, 0.5) is 15.8 Å². The minimum absolute atomic E-state index is 0.124. The van der Waals surface area contributed by atoms with E-state index in [1.165, 1.54) is 24.1 Å². The molecule has 0 bridgehead atoms. The Kier molecular flexibility index (Phi) is 6.94. The topological polar surface area (TPSA) is 104 Å². The van der Waals surface area contributed by atoms with Crippen molar-refractivity contribution in [3.05, 3.63) is 93.2 Å². The molecule has 1 N–H and O–H groups in total. The van der Waals surface area contributed by atoms with Gasteiger partial charge in [-0.25, -0.2) is 9.29 Å². The molecule has 3 fully saturated rings. The number of carbonyl (C=O) groups excluding carboxylic acids is 4. The van der Waals surface area contributed by atoms with E-state index in [4.69, 9.17) is 16.3 Å². The highest BCUT2D eigenvalue weighted by atomic mass is 79.9. The van der Waals surface area contributed by atoms with Gasteiger partial charge in [0.15, 0.2) is 11.5 Å². The largest absolute Gasteiger partial charge is 0.504 e. The Morgan fingerprint density at radius 2 is 1.69 bits per heavy atom. The summed E-state index contributed by atoms with van der Waals surface area (Å²) in [4.78, 5) is 58.9. The second-order valence-electron chi connectivity index (χ2n) is 12.2. The van der Waals surface area contributed by atoms with Crippen molar-refractivity contribution >= 4 is 62.5 Å². The Hall–Kier alpha value is -4.02. The molecular weight excluding hydrogens is 667 g/mol. The normalized spacial score (nSPS) is 29.0. The fraction of sp³-hybridized carbons (Fsp3) is 0.294. The lowest BCUT2D eigenvalue weighted by Crippen LogP contribution is -2.49. The van der Waals surface area contributed by atoms with Crippen LogP contribution in [0.2, 0.25) is 5.02 Å². The molecule has 11 heteroatoms. The van der Waals surface area contributed by atoms with E-state index in [9.17, 15) is 28.7 Å². The zero-order chi connectivity index (χ0) is 31.9. The third-order valence-corrected chi connectivity index (χ3v) is 10.8. The molecule has 3 aromatic carbocycles. The zero-order valence-corrected chi connectivity index (χ0v) is 26.5. The van der Waals surface area contributed by atoms with E-state index in [-0.39, 0.29) is 46.9 Å². The fourth-order valence-corrected chi connectivity index (χ4v) is 8.66. The molecule has 45 heavy (non-hydrogen) atoms. The zero-order valence-electron chi connectivity index (χ0n) is 24.2. The van der Waals surface area contributed by atoms with Crippen LogP contribution in [0.1, 0.15) is 31.2 Å². The summed E-state index contributed by atoms with van der Waals surface area (Å²) in [6, 6.07) is 15.7. The number of para-hydroxylation sites is 1. The van der Waals surface area contributed by atoms with Crippen LogP contribution in [0.25, 0.3) is 0 Å². The summed E-state index contributed by atoms with van der Waals surface area (Å²) >= 11 is 9.56. The van der Waals surface area contributed by atoms with Gasteiger partial charge in [-0.2, -0.15) is 0 Å². The van der Waals surface area contributed by atoms with Crippen LogP contribution in [0.15, 0.2) is 76.8 Å². The van der Waals surface area contributed by atoms with Gasteiger partial charge in [-0.3, -0.25) is 24.1 Å². The van der Waals surface area contributed by atoms with Gasteiger partial charge in [-0.1, -0.05) is 57.4 Å². The lowest BCUT2D eigenvalue weighted by Gasteiger charge is -2.49. The third kappa shape index (κ3) is 4.14. The number of hydrogen-bond donors (Lipinski definition) is 1. The van der Waals surface area contributed by atoms with Gasteiger partial charge >= 0.3 is 0 Å². The molecule has 0 aromatic heterocycles. The van der Waals surface area contributed by atoms with E-state index in [1.54, 1.807) is 49.4 Å². The first-order valence-corrected chi connectivity index (χ1v) is 15.7. The molecule has 0 radical (unpaired) electrons. The van der Waals surface area contributed by atoms with Crippen molar-refractivity contribution in [2.24, 2.45) is 29.1 Å². The van der Waals surface area contributed by atoms with Gasteiger partial charge in [-0.15, -0.1) is 0 Å². The first-order valence-electron chi connectivity index (χ1n) is 14.5. The van der Waals surface area contributed by atoms with Crippen molar-refractivity contribution in [3.8, 4) is 11.5 Å². The molecule has 7 rings (SSSR count). The van der Waals surface area contributed by atoms with E-state index >= 15 is 0 Å². The number of allylic oxidation sites excluding steroid dienone is 2. The van der Waals surface area contributed by atoms with Crippen LogP contribution < -0.4 is 14.5 Å². The molecule has 8 nitrogen and oxygen atoms in total. The van der Waals surface area contributed by atoms with Crippen LogP contribution in [-0.2, 0) is 19.2 Å². The Balaban J connectivity index is 1.41. The van der Waals surface area contributed by atoms with E-state index in [1.807, 2.05) is 6.08 Å². The average molecular weight is 694 g/mol. The summed E-state index contributed by atoms with van der Waals surface area (Å²) in [5.74, 6) is -6.22. The van der Waals surface area contributed by atoms with Crippen molar-refractivity contribution in [2.75, 3.05) is 16.9 Å². The number of nitrogens with zero attached hydrogens (tertiary/aromatic N) is 2. The number of methoxy groups -OCH3 is 1. The maximum absolute atomic E-state index is 14.5. The van der Waals surface area contributed by atoms with Gasteiger partial charge in [-0.05, 0) is 68.1 Å². The van der Waals surface area contributed by atoms with Crippen molar-refractivity contribution in [1.29, 1.82) is 0 Å². The minimum Gasteiger partial charge on any atom is -0.504 e. The number of imide groups is 2. The Morgan fingerprint density at radius 3 is 2.38 bits per heavy atom. The molecule has 1 saturated carbocycles. The molecule has 4 amide bonds. The molecule has 4 aliphatic rings. The predicted octanol–water partition coefficient (Wildman–Crippen LogP) is 6.39. The van der Waals surface area contributed by atoms with Crippen LogP contribution in [0.5, 0.6) is 11.5 Å². The SMILES string of the molecule is COc1cc(Br)cc(C2C3=CCC4C(=O)N(c5ccccc5)C(=O)C4C3CC3C(=O)N(c4ccc(F)c(Cl)c4)C(=O)C32C)c1O. The van der Waals surface area contributed by atoms with Crippen LogP contribution >= 0.6 is 27.5 Å². The predicted molar refractivity (Wildman–Crippen MR) is 167 cm³/mol. The van der Waals surface area contributed by atoms with Crippen molar-refractivity contribution in [2.45, 2.75) is 25.7 Å². The summed E-state index contributed by atoms with van der Waals surface area (Å²) in [6.07, 6.45) is 2.29. The number of hydrogen-bond acceptors (Lipinski definition) is 6. The Morgan fingerprint density at radius 1 is 0.956 bits per heavy atom. The van der Waals surface area contributed by atoms with Gasteiger partial charge in [0, 0.05) is 16.0 Å². The quantitative estimate of drug-likeness (QED) is 0.251. The number of amides is 4. The van der Waals surface area contributed by atoms with Crippen molar-refractivity contribution < 1.29 is 33.4 Å². The average Bonchev–Trinajstić information content (AvgIpc) is 3.39. The molecule has 6 atom stereocenters. The summed E-state index contributed by atoms with van der Waals surface area (Å²) in [6.45, 7) is 1.70. The molecular formula is C34H27BrClFN2O6. The highest BCUT2D eigenvalue weighted by molar-refractivity contribution is 9.10. The molecule has 2 aliphatic carbocycles. The lowest BCUT2D eigenvalue weighted by molar-refractivity contribution is -0.131. The molecule has 6 unspecified atom stereocenters. The molecule has 3 aromatic rings. The second-order valence-corrected chi connectivity index (χ2v) is 13.5. The van der Waals surface area contributed by atoms with Gasteiger partial charge in [0.1, 0.15) is 5.82 Å². The number of ether oxygens (including phenoxy) is 1. The lowest BCUT2D eigenvalue weighted by atomic mass is 9.51. The number of benzene rings is 3. The van der Waals surface area contributed by atoms with Crippen molar-refractivity contribution in [3.63, 3.8) is 0 Å². The van der Waals surface area contributed by atoms with Crippen LogP contribution in [0.3, 0.4) is 0 Å². The van der Waals surface area contributed by atoms with Crippen LogP contribution in [-0.4, -0.2) is 35.8 Å².